The van der Waals surface area contributed by atoms with E-state index < -0.39 is 0 Å². The molecule has 4 N–H and O–H groups in total. The normalized spacial score (nSPS) is 10.2. The topological polar surface area (TPSA) is 88.8 Å². The van der Waals surface area contributed by atoms with E-state index in [4.69, 9.17) is 10.5 Å². The van der Waals surface area contributed by atoms with Gasteiger partial charge < -0.3 is 15.8 Å². The summed E-state index contributed by atoms with van der Waals surface area (Å²) >= 11 is 0. The van der Waals surface area contributed by atoms with Gasteiger partial charge in [0.25, 0.3) is 0 Å². The number of anilines is 2. The van der Waals surface area contributed by atoms with Crippen LogP contribution in [-0.4, -0.2) is 28.8 Å². The van der Waals surface area contributed by atoms with Crippen LogP contribution in [0, 0.1) is 0 Å². The molecule has 6 heteroatoms. The summed E-state index contributed by atoms with van der Waals surface area (Å²) in [6.45, 7) is 0.754. The zero-order valence-electron chi connectivity index (χ0n) is 9.60. The molecule has 90 valence electrons. The summed E-state index contributed by atoms with van der Waals surface area (Å²) in [5.41, 5.74) is 6.63. The van der Waals surface area contributed by atoms with Gasteiger partial charge in [-0.25, -0.2) is 5.10 Å². The summed E-state index contributed by atoms with van der Waals surface area (Å²) in [5.74, 6) is 1.71. The Bertz CT molecular complexity index is 465. The van der Waals surface area contributed by atoms with Gasteiger partial charge in [-0.1, -0.05) is 12.1 Å². The van der Waals surface area contributed by atoms with Gasteiger partial charge in [-0.05, 0) is 24.1 Å². The van der Waals surface area contributed by atoms with Crippen molar-refractivity contribution in [3.05, 3.63) is 29.8 Å². The van der Waals surface area contributed by atoms with E-state index in [0.29, 0.717) is 11.9 Å². The lowest BCUT2D eigenvalue weighted by Gasteiger charge is -2.03. The van der Waals surface area contributed by atoms with E-state index in [1.54, 1.807) is 7.11 Å². The molecule has 1 aromatic carbocycles. The molecule has 1 heterocycles. The summed E-state index contributed by atoms with van der Waals surface area (Å²) in [4.78, 5) is 3.95. The Morgan fingerprint density at radius 1 is 1.35 bits per heavy atom. The lowest BCUT2D eigenvalue weighted by Crippen LogP contribution is -2.06. The number of nitrogens with two attached hydrogens (primary N) is 1. The van der Waals surface area contributed by atoms with Crippen LogP contribution in [0.2, 0.25) is 0 Å². The SMILES string of the molecule is COc1ccc(CCNc2n[nH]c(N)n2)cc1. The molecular formula is C11H15N5O. The maximum absolute atomic E-state index is 5.41. The number of hydrogen-bond donors (Lipinski definition) is 3. The highest BCUT2D eigenvalue weighted by Crippen LogP contribution is 2.11. The minimum atomic E-state index is 0.317. The van der Waals surface area contributed by atoms with Crippen molar-refractivity contribution in [2.45, 2.75) is 6.42 Å². The summed E-state index contributed by atoms with van der Waals surface area (Å²) in [7, 11) is 1.66. The highest BCUT2D eigenvalue weighted by Gasteiger charge is 1.99. The van der Waals surface area contributed by atoms with Gasteiger partial charge in [-0.3, -0.25) is 0 Å². The first-order valence-electron chi connectivity index (χ1n) is 5.32. The average Bonchev–Trinajstić information content (AvgIpc) is 2.76. The Kier molecular flexibility index (Phi) is 3.44. The second kappa shape index (κ2) is 5.20. The number of aromatic amines is 1. The molecule has 0 radical (unpaired) electrons. The molecule has 0 saturated carbocycles. The Hall–Kier alpha value is -2.24. The van der Waals surface area contributed by atoms with Gasteiger partial charge >= 0.3 is 0 Å². The zero-order valence-corrected chi connectivity index (χ0v) is 9.60. The van der Waals surface area contributed by atoms with E-state index in [1.165, 1.54) is 5.56 Å². The molecule has 0 aliphatic rings. The summed E-state index contributed by atoms with van der Waals surface area (Å²) in [6, 6.07) is 7.96. The molecule has 0 aliphatic carbocycles. The monoisotopic (exact) mass is 233 g/mol. The quantitative estimate of drug-likeness (QED) is 0.718. The van der Waals surface area contributed by atoms with Gasteiger partial charge in [-0.2, -0.15) is 4.98 Å². The number of nitrogens with zero attached hydrogens (tertiary/aromatic N) is 2. The second-order valence-electron chi connectivity index (χ2n) is 3.57. The first-order chi connectivity index (χ1) is 8.28. The molecule has 0 amide bonds. The largest absolute Gasteiger partial charge is 0.497 e. The maximum Gasteiger partial charge on any atom is 0.243 e. The van der Waals surface area contributed by atoms with Crippen molar-refractivity contribution in [2.24, 2.45) is 0 Å². The Morgan fingerprint density at radius 2 is 2.12 bits per heavy atom. The Labute approximate surface area is 99.2 Å². The Balaban J connectivity index is 1.81. The Morgan fingerprint density at radius 3 is 2.71 bits per heavy atom. The molecule has 0 saturated heterocycles. The molecule has 2 aromatic rings. The number of H-pyrrole nitrogens is 1. The minimum absolute atomic E-state index is 0.317. The number of methoxy groups -OCH3 is 1. The molecule has 0 aliphatic heterocycles. The van der Waals surface area contributed by atoms with Crippen LogP contribution >= 0.6 is 0 Å². The lowest BCUT2D eigenvalue weighted by molar-refractivity contribution is 0.414. The molecule has 17 heavy (non-hydrogen) atoms. The predicted octanol–water partition coefficient (Wildman–Crippen LogP) is 1.05. The fourth-order valence-electron chi connectivity index (χ4n) is 1.46. The van der Waals surface area contributed by atoms with Crippen LogP contribution in [0.25, 0.3) is 0 Å². The van der Waals surface area contributed by atoms with Crippen LogP contribution < -0.4 is 15.8 Å². The van der Waals surface area contributed by atoms with Crippen LogP contribution in [0.4, 0.5) is 11.9 Å². The van der Waals surface area contributed by atoms with Gasteiger partial charge in [0, 0.05) is 6.54 Å². The molecule has 6 nitrogen and oxygen atoms in total. The number of aromatic nitrogens is 3. The van der Waals surface area contributed by atoms with Crippen molar-refractivity contribution >= 4 is 11.9 Å². The smallest absolute Gasteiger partial charge is 0.243 e. The van der Waals surface area contributed by atoms with Gasteiger partial charge in [0.05, 0.1) is 7.11 Å². The maximum atomic E-state index is 5.41. The number of ether oxygens (including phenoxy) is 1. The second-order valence-corrected chi connectivity index (χ2v) is 3.57. The van der Waals surface area contributed by atoms with Crippen molar-refractivity contribution in [3.63, 3.8) is 0 Å². The third-order valence-electron chi connectivity index (χ3n) is 2.36. The van der Waals surface area contributed by atoms with Crippen LogP contribution in [0.3, 0.4) is 0 Å². The van der Waals surface area contributed by atoms with Crippen LogP contribution in [-0.2, 0) is 6.42 Å². The summed E-state index contributed by atoms with van der Waals surface area (Å²) in [5, 5.41) is 9.53. The van der Waals surface area contributed by atoms with Gasteiger partial charge in [0.2, 0.25) is 11.9 Å². The third-order valence-corrected chi connectivity index (χ3v) is 2.36. The van der Waals surface area contributed by atoms with Crippen molar-refractivity contribution in [3.8, 4) is 5.75 Å². The first-order valence-corrected chi connectivity index (χ1v) is 5.32. The molecule has 0 fully saturated rings. The zero-order chi connectivity index (χ0) is 12.1. The number of nitrogen functional groups attached to an aromatic ring is 1. The number of rotatable bonds is 5. The molecule has 2 rings (SSSR count). The highest BCUT2D eigenvalue weighted by molar-refractivity contribution is 5.31. The summed E-state index contributed by atoms with van der Waals surface area (Å²) < 4.78 is 5.09. The third kappa shape index (κ3) is 3.10. The van der Waals surface area contributed by atoms with E-state index in [1.807, 2.05) is 24.3 Å². The van der Waals surface area contributed by atoms with E-state index in [-0.39, 0.29) is 0 Å². The van der Waals surface area contributed by atoms with Crippen LogP contribution in [0.5, 0.6) is 5.75 Å². The van der Waals surface area contributed by atoms with Gasteiger partial charge in [0.1, 0.15) is 5.75 Å². The van der Waals surface area contributed by atoms with Crippen molar-refractivity contribution < 1.29 is 4.74 Å². The average molecular weight is 233 g/mol. The van der Waals surface area contributed by atoms with E-state index in [0.717, 1.165) is 18.7 Å². The van der Waals surface area contributed by atoms with Gasteiger partial charge in [-0.15, -0.1) is 5.10 Å². The fourth-order valence-corrected chi connectivity index (χ4v) is 1.46. The van der Waals surface area contributed by atoms with Crippen LogP contribution in [0.15, 0.2) is 24.3 Å². The minimum Gasteiger partial charge on any atom is -0.497 e. The van der Waals surface area contributed by atoms with E-state index >= 15 is 0 Å². The van der Waals surface area contributed by atoms with E-state index in [9.17, 15) is 0 Å². The van der Waals surface area contributed by atoms with Crippen LogP contribution in [0.1, 0.15) is 5.56 Å². The van der Waals surface area contributed by atoms with Gasteiger partial charge in [0.15, 0.2) is 0 Å². The molecule has 0 unspecified atom stereocenters. The molecular weight excluding hydrogens is 218 g/mol. The van der Waals surface area contributed by atoms with Crippen molar-refractivity contribution in [2.75, 3.05) is 24.7 Å². The lowest BCUT2D eigenvalue weighted by atomic mass is 10.1. The standard InChI is InChI=1S/C11H15N5O/c1-17-9-4-2-8(3-5-9)6-7-13-11-14-10(12)15-16-11/h2-5H,6-7H2,1H3,(H4,12,13,14,15,16). The highest BCUT2D eigenvalue weighted by atomic mass is 16.5. The number of hydrogen-bond acceptors (Lipinski definition) is 5. The molecule has 0 bridgehead atoms. The molecule has 0 atom stereocenters. The predicted molar refractivity (Wildman–Crippen MR) is 66.0 cm³/mol. The van der Waals surface area contributed by atoms with Crippen molar-refractivity contribution in [1.82, 2.24) is 15.2 Å². The number of nitrogens with one attached hydrogen (secondary N) is 2. The summed E-state index contributed by atoms with van der Waals surface area (Å²) in [6.07, 6.45) is 0.887. The molecule has 1 aromatic heterocycles. The fraction of sp³-hybridized carbons (Fsp3) is 0.273. The first kappa shape index (κ1) is 11.3. The molecule has 0 spiro atoms. The number of benzene rings is 1. The van der Waals surface area contributed by atoms with E-state index in [2.05, 4.69) is 20.5 Å². The van der Waals surface area contributed by atoms with Crippen molar-refractivity contribution in [1.29, 1.82) is 0 Å².